The number of hydrogen-bond acceptors (Lipinski definition) is 6. The molecule has 0 atom stereocenters. The van der Waals surface area contributed by atoms with Crippen LogP contribution in [0.5, 0.6) is 12.0 Å². The molecule has 0 radical (unpaired) electrons. The molecule has 0 saturated heterocycles. The van der Waals surface area contributed by atoms with Crippen molar-refractivity contribution in [3.05, 3.63) is 35.2 Å². The molecule has 122 valence electrons. The van der Waals surface area contributed by atoms with Gasteiger partial charge in [-0.3, -0.25) is 0 Å². The quantitative estimate of drug-likeness (QED) is 0.873. The summed E-state index contributed by atoms with van der Waals surface area (Å²) in [5.41, 5.74) is 2.88. The average Bonchev–Trinajstić information content (AvgIpc) is 2.56. The van der Waals surface area contributed by atoms with E-state index >= 15 is 0 Å². The van der Waals surface area contributed by atoms with Crippen molar-refractivity contribution < 1.29 is 14.3 Å². The van der Waals surface area contributed by atoms with Gasteiger partial charge in [0.15, 0.2) is 5.82 Å². The Kier molecular flexibility index (Phi) is 5.29. The number of nitrogens with zero attached hydrogens (tertiary/aromatic N) is 3. The lowest BCUT2D eigenvalue weighted by Gasteiger charge is -2.11. The van der Waals surface area contributed by atoms with Crippen LogP contribution in [0.25, 0.3) is 0 Å². The van der Waals surface area contributed by atoms with Crippen molar-refractivity contribution in [2.75, 3.05) is 19.5 Å². The molecule has 0 aliphatic heterocycles. The van der Waals surface area contributed by atoms with Gasteiger partial charge < -0.3 is 20.1 Å². The minimum Gasteiger partial charge on any atom is -0.467 e. The number of rotatable bonds is 5. The van der Waals surface area contributed by atoms with E-state index in [2.05, 4.69) is 25.6 Å². The predicted molar refractivity (Wildman–Crippen MR) is 84.7 cm³/mol. The van der Waals surface area contributed by atoms with E-state index in [1.807, 2.05) is 32.0 Å². The first-order chi connectivity index (χ1) is 11.0. The lowest BCUT2D eigenvalue weighted by molar-refractivity contribution is 0.251. The molecule has 0 bridgehead atoms. The lowest BCUT2D eigenvalue weighted by atomic mass is 10.1. The van der Waals surface area contributed by atoms with E-state index in [0.29, 0.717) is 5.82 Å². The number of aryl methyl sites for hydroxylation is 1. The van der Waals surface area contributed by atoms with Crippen molar-refractivity contribution in [1.29, 1.82) is 0 Å². The monoisotopic (exact) mass is 317 g/mol. The largest absolute Gasteiger partial charge is 0.467 e. The Labute approximate surface area is 134 Å². The maximum atomic E-state index is 12.0. The van der Waals surface area contributed by atoms with E-state index in [1.54, 1.807) is 0 Å². The molecular formula is C15H19N5O3. The molecule has 2 amide bonds. The van der Waals surface area contributed by atoms with Gasteiger partial charge in [-0.2, -0.15) is 9.97 Å². The minimum atomic E-state index is -0.350. The van der Waals surface area contributed by atoms with Crippen LogP contribution >= 0.6 is 0 Å². The van der Waals surface area contributed by atoms with Crippen molar-refractivity contribution in [1.82, 2.24) is 20.3 Å². The van der Waals surface area contributed by atoms with E-state index in [-0.39, 0.29) is 24.6 Å². The Morgan fingerprint density at radius 1 is 1.09 bits per heavy atom. The van der Waals surface area contributed by atoms with Gasteiger partial charge in [-0.15, -0.1) is 4.98 Å². The van der Waals surface area contributed by atoms with E-state index in [9.17, 15) is 4.79 Å². The summed E-state index contributed by atoms with van der Waals surface area (Å²) >= 11 is 0. The molecule has 0 spiro atoms. The number of ether oxygens (including phenoxy) is 2. The number of anilines is 1. The third-order valence-electron chi connectivity index (χ3n) is 3.27. The van der Waals surface area contributed by atoms with Gasteiger partial charge >= 0.3 is 18.1 Å². The van der Waals surface area contributed by atoms with E-state index in [0.717, 1.165) is 16.8 Å². The first-order valence-corrected chi connectivity index (χ1v) is 6.97. The second-order valence-electron chi connectivity index (χ2n) is 4.78. The number of methoxy groups -OCH3 is 2. The summed E-state index contributed by atoms with van der Waals surface area (Å²) in [7, 11) is 2.89. The van der Waals surface area contributed by atoms with Crippen LogP contribution in [0.15, 0.2) is 18.2 Å². The summed E-state index contributed by atoms with van der Waals surface area (Å²) in [4.78, 5) is 24.0. The number of aromatic nitrogens is 3. The Morgan fingerprint density at radius 3 is 2.35 bits per heavy atom. The molecule has 1 aromatic carbocycles. The third-order valence-corrected chi connectivity index (χ3v) is 3.27. The van der Waals surface area contributed by atoms with Crippen LogP contribution < -0.4 is 20.1 Å². The van der Waals surface area contributed by atoms with Gasteiger partial charge in [-0.05, 0) is 31.0 Å². The Morgan fingerprint density at radius 2 is 1.74 bits per heavy atom. The Hall–Kier alpha value is -2.90. The third kappa shape index (κ3) is 4.29. The zero-order chi connectivity index (χ0) is 16.8. The molecule has 0 saturated carbocycles. The zero-order valence-corrected chi connectivity index (χ0v) is 13.5. The highest BCUT2D eigenvalue weighted by Gasteiger charge is 2.10. The standard InChI is InChI=1S/C15H19N5O3/c1-9-6-5-7-11(10(9)2)17-13(21)16-8-12-18-14(22-3)20-15(19-12)23-4/h5-7H,8H2,1-4H3,(H2,16,17,21). The molecule has 0 aliphatic carbocycles. The smallest absolute Gasteiger partial charge is 0.322 e. The molecule has 23 heavy (non-hydrogen) atoms. The average molecular weight is 317 g/mol. The summed E-state index contributed by atoms with van der Waals surface area (Å²) in [5, 5.41) is 5.48. The van der Waals surface area contributed by atoms with Crippen LogP contribution in [0.2, 0.25) is 0 Å². The molecule has 8 nitrogen and oxygen atoms in total. The second-order valence-corrected chi connectivity index (χ2v) is 4.78. The van der Waals surface area contributed by atoms with Gasteiger partial charge in [-0.1, -0.05) is 12.1 Å². The zero-order valence-electron chi connectivity index (χ0n) is 13.5. The number of hydrogen-bond donors (Lipinski definition) is 2. The fourth-order valence-corrected chi connectivity index (χ4v) is 1.85. The molecular weight excluding hydrogens is 298 g/mol. The first kappa shape index (κ1) is 16.5. The van der Waals surface area contributed by atoms with Crippen molar-refractivity contribution in [2.24, 2.45) is 0 Å². The maximum absolute atomic E-state index is 12.0. The minimum absolute atomic E-state index is 0.117. The Bertz CT molecular complexity index is 683. The highest BCUT2D eigenvalue weighted by Crippen LogP contribution is 2.17. The highest BCUT2D eigenvalue weighted by molar-refractivity contribution is 5.90. The van der Waals surface area contributed by atoms with Gasteiger partial charge in [0.25, 0.3) is 0 Å². The van der Waals surface area contributed by atoms with Gasteiger partial charge in [0, 0.05) is 5.69 Å². The first-order valence-electron chi connectivity index (χ1n) is 6.97. The summed E-state index contributed by atoms with van der Waals surface area (Å²) in [6.07, 6.45) is 0. The maximum Gasteiger partial charge on any atom is 0.322 e. The van der Waals surface area contributed by atoms with Gasteiger partial charge in [-0.25, -0.2) is 4.79 Å². The number of carbonyl (C=O) groups excluding carboxylic acids is 1. The summed E-state index contributed by atoms with van der Waals surface area (Å²) in [6.45, 7) is 4.06. The normalized spacial score (nSPS) is 10.1. The van der Waals surface area contributed by atoms with Crippen LogP contribution in [-0.2, 0) is 6.54 Å². The van der Waals surface area contributed by atoms with Gasteiger partial charge in [0.1, 0.15) is 0 Å². The molecule has 0 aliphatic rings. The van der Waals surface area contributed by atoms with Gasteiger partial charge in [0.2, 0.25) is 0 Å². The van der Waals surface area contributed by atoms with Crippen LogP contribution in [-0.4, -0.2) is 35.2 Å². The van der Waals surface area contributed by atoms with E-state index < -0.39 is 0 Å². The fourth-order valence-electron chi connectivity index (χ4n) is 1.85. The second kappa shape index (κ2) is 7.39. The lowest BCUT2D eigenvalue weighted by Crippen LogP contribution is -2.29. The van der Waals surface area contributed by atoms with Crippen LogP contribution in [0.1, 0.15) is 17.0 Å². The number of nitrogens with one attached hydrogen (secondary N) is 2. The summed E-state index contributed by atoms with van der Waals surface area (Å²) in [6, 6.07) is 5.63. The molecule has 0 unspecified atom stereocenters. The predicted octanol–water partition coefficient (Wildman–Crippen LogP) is 1.83. The molecule has 2 N–H and O–H groups in total. The van der Waals surface area contributed by atoms with E-state index in [4.69, 9.17) is 9.47 Å². The van der Waals surface area contributed by atoms with Crippen molar-refractivity contribution in [3.63, 3.8) is 0 Å². The summed E-state index contributed by atoms with van der Waals surface area (Å²) < 4.78 is 9.92. The molecule has 0 fully saturated rings. The number of benzene rings is 1. The van der Waals surface area contributed by atoms with Crippen LogP contribution in [0, 0.1) is 13.8 Å². The molecule has 8 heteroatoms. The SMILES string of the molecule is COc1nc(CNC(=O)Nc2cccc(C)c2C)nc(OC)n1. The molecule has 1 aromatic heterocycles. The molecule has 2 rings (SSSR count). The number of urea groups is 1. The van der Waals surface area contributed by atoms with Gasteiger partial charge in [0.05, 0.1) is 20.8 Å². The molecule has 2 aromatic rings. The van der Waals surface area contributed by atoms with Crippen LogP contribution in [0.3, 0.4) is 0 Å². The number of amides is 2. The topological polar surface area (TPSA) is 98.3 Å². The van der Waals surface area contributed by atoms with Crippen molar-refractivity contribution in [3.8, 4) is 12.0 Å². The van der Waals surface area contributed by atoms with Crippen LogP contribution in [0.4, 0.5) is 10.5 Å². The Balaban J connectivity index is 2.00. The fraction of sp³-hybridized carbons (Fsp3) is 0.333. The van der Waals surface area contributed by atoms with Crippen molar-refractivity contribution in [2.45, 2.75) is 20.4 Å². The number of carbonyl (C=O) groups is 1. The highest BCUT2D eigenvalue weighted by atomic mass is 16.5. The van der Waals surface area contributed by atoms with Crippen molar-refractivity contribution >= 4 is 11.7 Å². The molecule has 1 heterocycles. The van der Waals surface area contributed by atoms with E-state index in [1.165, 1.54) is 14.2 Å². The summed E-state index contributed by atoms with van der Waals surface area (Å²) in [5.74, 6) is 0.338.